The number of likely N-dealkylation sites (tertiary alicyclic amines) is 1. The standard InChI is InChI=1S/C19H29N3O3/c1-14-8-6-7-13-22(14)18(23)15(2)21-19(24)20-12-11-16-9-4-5-10-17(16)25-3/h4-5,9-10,14-15H,6-8,11-13H2,1-3H3,(H2,20,21,24). The molecule has 6 heteroatoms. The predicted molar refractivity (Wildman–Crippen MR) is 97.7 cm³/mol. The minimum absolute atomic E-state index is 0.00733. The molecule has 0 spiro atoms. The summed E-state index contributed by atoms with van der Waals surface area (Å²) >= 11 is 0. The van der Waals surface area contributed by atoms with Crippen molar-refractivity contribution >= 4 is 11.9 Å². The van der Waals surface area contributed by atoms with Gasteiger partial charge in [0.15, 0.2) is 0 Å². The number of hydrogen-bond donors (Lipinski definition) is 2. The highest BCUT2D eigenvalue weighted by Crippen LogP contribution is 2.18. The van der Waals surface area contributed by atoms with Crippen LogP contribution in [0.5, 0.6) is 5.75 Å². The average Bonchev–Trinajstić information content (AvgIpc) is 2.62. The Bertz CT molecular complexity index is 591. The highest BCUT2D eigenvalue weighted by atomic mass is 16.5. The van der Waals surface area contributed by atoms with Crippen LogP contribution in [0.15, 0.2) is 24.3 Å². The zero-order valence-corrected chi connectivity index (χ0v) is 15.4. The summed E-state index contributed by atoms with van der Waals surface area (Å²) < 4.78 is 5.30. The van der Waals surface area contributed by atoms with Crippen LogP contribution in [0.4, 0.5) is 4.79 Å². The molecule has 2 rings (SSSR count). The number of carbonyl (C=O) groups is 2. The minimum Gasteiger partial charge on any atom is -0.496 e. The SMILES string of the molecule is COc1ccccc1CCNC(=O)NC(C)C(=O)N1CCCCC1C. The molecule has 0 saturated carbocycles. The van der Waals surface area contributed by atoms with Crippen molar-refractivity contribution in [1.82, 2.24) is 15.5 Å². The molecule has 1 saturated heterocycles. The number of nitrogens with zero attached hydrogens (tertiary/aromatic N) is 1. The summed E-state index contributed by atoms with van der Waals surface area (Å²) in [7, 11) is 1.63. The van der Waals surface area contributed by atoms with Gasteiger partial charge in [-0.15, -0.1) is 0 Å². The maximum absolute atomic E-state index is 12.5. The Morgan fingerprint density at radius 2 is 2.08 bits per heavy atom. The Hall–Kier alpha value is -2.24. The Morgan fingerprint density at radius 1 is 1.32 bits per heavy atom. The highest BCUT2D eigenvalue weighted by molar-refractivity contribution is 5.87. The van der Waals surface area contributed by atoms with Crippen LogP contribution < -0.4 is 15.4 Å². The Kier molecular flexibility index (Phi) is 7.10. The number of carbonyl (C=O) groups excluding carboxylic acids is 2. The summed E-state index contributed by atoms with van der Waals surface area (Å²) in [5, 5.41) is 5.55. The molecule has 0 aliphatic carbocycles. The number of nitrogens with one attached hydrogen (secondary N) is 2. The lowest BCUT2D eigenvalue weighted by atomic mass is 10.0. The van der Waals surface area contributed by atoms with Crippen molar-refractivity contribution < 1.29 is 14.3 Å². The fraction of sp³-hybridized carbons (Fsp3) is 0.579. The van der Waals surface area contributed by atoms with Crippen LogP contribution in [-0.4, -0.2) is 49.1 Å². The van der Waals surface area contributed by atoms with Crippen LogP contribution in [0, 0.1) is 0 Å². The van der Waals surface area contributed by atoms with Gasteiger partial charge in [-0.3, -0.25) is 4.79 Å². The largest absolute Gasteiger partial charge is 0.496 e. The van der Waals surface area contributed by atoms with Crippen LogP contribution in [0.25, 0.3) is 0 Å². The fourth-order valence-electron chi connectivity index (χ4n) is 3.20. The molecule has 0 bridgehead atoms. The topological polar surface area (TPSA) is 70.7 Å². The molecule has 0 aromatic heterocycles. The van der Waals surface area contributed by atoms with Crippen LogP contribution in [-0.2, 0) is 11.2 Å². The highest BCUT2D eigenvalue weighted by Gasteiger charge is 2.27. The molecule has 1 heterocycles. The fourth-order valence-corrected chi connectivity index (χ4v) is 3.20. The molecule has 1 aromatic carbocycles. The molecule has 1 aliphatic rings. The van der Waals surface area contributed by atoms with Gasteiger partial charge in [0.05, 0.1) is 7.11 Å². The van der Waals surface area contributed by atoms with Crippen LogP contribution in [0.3, 0.4) is 0 Å². The average molecular weight is 347 g/mol. The Morgan fingerprint density at radius 3 is 2.80 bits per heavy atom. The van der Waals surface area contributed by atoms with E-state index in [4.69, 9.17) is 4.74 Å². The van der Waals surface area contributed by atoms with E-state index < -0.39 is 6.04 Å². The van der Waals surface area contributed by atoms with E-state index in [0.717, 1.165) is 37.1 Å². The first-order chi connectivity index (χ1) is 12.0. The molecule has 2 atom stereocenters. The van der Waals surface area contributed by atoms with Crippen molar-refractivity contribution in [3.8, 4) is 5.75 Å². The van der Waals surface area contributed by atoms with Gasteiger partial charge in [0.2, 0.25) is 5.91 Å². The van der Waals surface area contributed by atoms with E-state index in [1.165, 1.54) is 0 Å². The number of amides is 3. The molecule has 2 N–H and O–H groups in total. The van der Waals surface area contributed by atoms with Gasteiger partial charge in [0, 0.05) is 19.1 Å². The first-order valence-corrected chi connectivity index (χ1v) is 8.99. The number of urea groups is 1. The van der Waals surface area contributed by atoms with Crippen molar-refractivity contribution in [2.75, 3.05) is 20.2 Å². The molecule has 1 aromatic rings. The normalized spacial score (nSPS) is 18.4. The summed E-state index contributed by atoms with van der Waals surface area (Å²) in [5.41, 5.74) is 1.04. The van der Waals surface area contributed by atoms with E-state index >= 15 is 0 Å². The summed E-state index contributed by atoms with van der Waals surface area (Å²) in [6.07, 6.45) is 3.90. The Balaban J connectivity index is 1.76. The summed E-state index contributed by atoms with van der Waals surface area (Å²) in [5.74, 6) is 0.805. The summed E-state index contributed by atoms with van der Waals surface area (Å²) in [6.45, 7) is 5.06. The number of rotatable bonds is 6. The molecule has 3 amide bonds. The number of para-hydroxylation sites is 1. The van der Waals surface area contributed by atoms with Gasteiger partial charge < -0.3 is 20.3 Å². The van der Waals surface area contributed by atoms with Crippen molar-refractivity contribution in [2.24, 2.45) is 0 Å². The van der Waals surface area contributed by atoms with Gasteiger partial charge in [-0.2, -0.15) is 0 Å². The number of methoxy groups -OCH3 is 1. The van der Waals surface area contributed by atoms with Crippen LogP contribution in [0.1, 0.15) is 38.7 Å². The van der Waals surface area contributed by atoms with E-state index in [0.29, 0.717) is 13.0 Å². The number of hydrogen-bond acceptors (Lipinski definition) is 3. The van der Waals surface area contributed by atoms with E-state index in [2.05, 4.69) is 17.6 Å². The van der Waals surface area contributed by atoms with Crippen molar-refractivity contribution in [1.29, 1.82) is 0 Å². The molecule has 1 fully saturated rings. The molecule has 6 nitrogen and oxygen atoms in total. The molecule has 1 aliphatic heterocycles. The van der Waals surface area contributed by atoms with Gasteiger partial charge in [-0.05, 0) is 51.2 Å². The molecule has 25 heavy (non-hydrogen) atoms. The quantitative estimate of drug-likeness (QED) is 0.830. The zero-order valence-electron chi connectivity index (χ0n) is 15.4. The third kappa shape index (κ3) is 5.37. The van der Waals surface area contributed by atoms with Gasteiger partial charge in [-0.1, -0.05) is 18.2 Å². The second-order valence-corrected chi connectivity index (χ2v) is 6.56. The summed E-state index contributed by atoms with van der Waals surface area (Å²) in [4.78, 5) is 26.4. The minimum atomic E-state index is -0.521. The lowest BCUT2D eigenvalue weighted by Gasteiger charge is -2.35. The smallest absolute Gasteiger partial charge is 0.315 e. The van der Waals surface area contributed by atoms with E-state index in [-0.39, 0.29) is 18.0 Å². The first kappa shape index (κ1) is 19.1. The molecule has 138 valence electrons. The molecular weight excluding hydrogens is 318 g/mol. The molecular formula is C19H29N3O3. The third-order valence-corrected chi connectivity index (χ3v) is 4.68. The zero-order chi connectivity index (χ0) is 18.2. The van der Waals surface area contributed by atoms with Crippen LogP contribution in [0.2, 0.25) is 0 Å². The monoisotopic (exact) mass is 347 g/mol. The lowest BCUT2D eigenvalue weighted by Crippen LogP contribution is -2.53. The number of ether oxygens (including phenoxy) is 1. The lowest BCUT2D eigenvalue weighted by molar-refractivity contribution is -0.136. The molecule has 2 unspecified atom stereocenters. The first-order valence-electron chi connectivity index (χ1n) is 8.99. The van der Waals surface area contributed by atoms with E-state index in [1.807, 2.05) is 29.2 Å². The molecule has 0 radical (unpaired) electrons. The van der Waals surface area contributed by atoms with Crippen molar-refractivity contribution in [2.45, 2.75) is 51.6 Å². The second-order valence-electron chi connectivity index (χ2n) is 6.56. The van der Waals surface area contributed by atoms with Gasteiger partial charge in [0.25, 0.3) is 0 Å². The van der Waals surface area contributed by atoms with Crippen LogP contribution >= 0.6 is 0 Å². The van der Waals surface area contributed by atoms with Crippen molar-refractivity contribution in [3.63, 3.8) is 0 Å². The van der Waals surface area contributed by atoms with E-state index in [1.54, 1.807) is 14.0 Å². The maximum atomic E-state index is 12.5. The van der Waals surface area contributed by atoms with E-state index in [9.17, 15) is 9.59 Å². The van der Waals surface area contributed by atoms with Gasteiger partial charge >= 0.3 is 6.03 Å². The third-order valence-electron chi connectivity index (χ3n) is 4.68. The number of benzene rings is 1. The Labute approximate surface area is 149 Å². The van der Waals surface area contributed by atoms with Gasteiger partial charge in [-0.25, -0.2) is 4.79 Å². The van der Waals surface area contributed by atoms with Crippen molar-refractivity contribution in [3.05, 3.63) is 29.8 Å². The van der Waals surface area contributed by atoms with Gasteiger partial charge in [0.1, 0.15) is 11.8 Å². The second kappa shape index (κ2) is 9.30. The maximum Gasteiger partial charge on any atom is 0.315 e. The summed E-state index contributed by atoms with van der Waals surface area (Å²) in [6, 6.07) is 7.14. The number of piperidine rings is 1. The predicted octanol–water partition coefficient (Wildman–Crippen LogP) is 2.33.